The molecule has 0 unspecified atom stereocenters. The lowest BCUT2D eigenvalue weighted by Gasteiger charge is -2.13. The molecule has 0 aliphatic rings. The second kappa shape index (κ2) is 4.70. The summed E-state index contributed by atoms with van der Waals surface area (Å²) in [5.74, 6) is -0.334. The second-order valence-electron chi connectivity index (χ2n) is 3.77. The van der Waals surface area contributed by atoms with Crippen LogP contribution < -0.4 is 5.73 Å². The van der Waals surface area contributed by atoms with Crippen molar-refractivity contribution in [2.24, 2.45) is 0 Å². The minimum atomic E-state index is -1.07. The summed E-state index contributed by atoms with van der Waals surface area (Å²) in [6, 6.07) is 2.92. The van der Waals surface area contributed by atoms with Crippen LogP contribution in [0.25, 0.3) is 5.69 Å². The summed E-state index contributed by atoms with van der Waals surface area (Å²) in [6.45, 7) is 1.93. The van der Waals surface area contributed by atoms with Crippen molar-refractivity contribution in [3.63, 3.8) is 0 Å². The van der Waals surface area contributed by atoms with Crippen LogP contribution in [-0.2, 0) is 6.42 Å². The van der Waals surface area contributed by atoms with Gasteiger partial charge in [0.15, 0.2) is 0 Å². The van der Waals surface area contributed by atoms with Gasteiger partial charge in [0.05, 0.1) is 16.3 Å². The molecule has 1 aromatic heterocycles. The van der Waals surface area contributed by atoms with Gasteiger partial charge in [-0.1, -0.05) is 18.5 Å². The normalized spacial score (nSPS) is 10.6. The number of nitrogens with two attached hydrogens (primary N) is 1. The maximum Gasteiger partial charge on any atom is 0.337 e. The number of hydrogen-bond donors (Lipinski definition) is 2. The molecule has 18 heavy (non-hydrogen) atoms. The van der Waals surface area contributed by atoms with E-state index in [-0.39, 0.29) is 5.56 Å². The number of anilines is 1. The lowest BCUT2D eigenvalue weighted by Crippen LogP contribution is -2.09. The molecule has 1 heterocycles. The summed E-state index contributed by atoms with van der Waals surface area (Å²) in [6.07, 6.45) is 3.96. The van der Waals surface area contributed by atoms with Crippen molar-refractivity contribution in [2.45, 2.75) is 13.3 Å². The highest BCUT2D eigenvalue weighted by Crippen LogP contribution is 2.28. The quantitative estimate of drug-likeness (QED) is 0.835. The molecule has 0 saturated carbocycles. The van der Waals surface area contributed by atoms with Crippen LogP contribution in [0.1, 0.15) is 23.1 Å². The van der Waals surface area contributed by atoms with E-state index in [0.717, 1.165) is 5.82 Å². The number of carboxylic acids is 1. The molecule has 94 valence electrons. The predicted octanol–water partition coefficient (Wildman–Crippen LogP) is 2.37. The fourth-order valence-corrected chi connectivity index (χ4v) is 2.15. The van der Waals surface area contributed by atoms with Crippen LogP contribution in [0.5, 0.6) is 0 Å². The number of carbonyl (C=O) groups is 1. The molecule has 0 aliphatic heterocycles. The molecule has 0 fully saturated rings. The second-order valence-corrected chi connectivity index (χ2v) is 4.18. The number of halogens is 1. The van der Waals surface area contributed by atoms with E-state index in [9.17, 15) is 9.90 Å². The summed E-state index contributed by atoms with van der Waals surface area (Å²) >= 11 is 6.11. The van der Waals surface area contributed by atoms with Crippen molar-refractivity contribution < 1.29 is 9.90 Å². The molecule has 5 nitrogen and oxygen atoms in total. The van der Waals surface area contributed by atoms with Crippen LogP contribution in [-0.4, -0.2) is 20.6 Å². The van der Waals surface area contributed by atoms with Gasteiger partial charge in [0.25, 0.3) is 0 Å². The van der Waals surface area contributed by atoms with Crippen LogP contribution in [0.15, 0.2) is 24.5 Å². The first kappa shape index (κ1) is 12.4. The number of hydrogen-bond acceptors (Lipinski definition) is 3. The highest BCUT2D eigenvalue weighted by Gasteiger charge is 2.18. The molecular weight excluding hydrogens is 254 g/mol. The minimum Gasteiger partial charge on any atom is -0.478 e. The average molecular weight is 266 g/mol. The van der Waals surface area contributed by atoms with Crippen molar-refractivity contribution in [3.8, 4) is 5.69 Å². The van der Waals surface area contributed by atoms with Gasteiger partial charge in [-0.05, 0) is 12.1 Å². The SMILES string of the molecule is CCc1nccn1-c1c(Cl)cc(N)cc1C(=O)O. The lowest BCUT2D eigenvalue weighted by molar-refractivity contribution is 0.0697. The van der Waals surface area contributed by atoms with Gasteiger partial charge in [0, 0.05) is 24.5 Å². The van der Waals surface area contributed by atoms with Crippen molar-refractivity contribution >= 4 is 23.3 Å². The molecular formula is C12H12ClN3O2. The molecule has 0 amide bonds. The topological polar surface area (TPSA) is 81.1 Å². The highest BCUT2D eigenvalue weighted by atomic mass is 35.5. The monoisotopic (exact) mass is 265 g/mol. The summed E-state index contributed by atoms with van der Waals surface area (Å²) in [4.78, 5) is 15.4. The van der Waals surface area contributed by atoms with Gasteiger partial charge in [-0.25, -0.2) is 9.78 Å². The van der Waals surface area contributed by atoms with Gasteiger partial charge in [-0.15, -0.1) is 0 Å². The number of aryl methyl sites for hydroxylation is 1. The zero-order chi connectivity index (χ0) is 13.3. The Morgan fingerprint density at radius 2 is 2.28 bits per heavy atom. The average Bonchev–Trinajstić information content (AvgIpc) is 2.75. The third-order valence-corrected chi connectivity index (χ3v) is 2.88. The number of carboxylic acid groups (broad SMARTS) is 1. The number of nitrogens with zero attached hydrogens (tertiary/aromatic N) is 2. The zero-order valence-electron chi connectivity index (χ0n) is 9.72. The number of aromatic carboxylic acids is 1. The Balaban J connectivity index is 2.74. The van der Waals surface area contributed by atoms with Gasteiger partial charge in [-0.2, -0.15) is 0 Å². The van der Waals surface area contributed by atoms with Crippen LogP contribution in [0, 0.1) is 0 Å². The van der Waals surface area contributed by atoms with E-state index < -0.39 is 5.97 Å². The van der Waals surface area contributed by atoms with E-state index in [1.807, 2.05) is 6.92 Å². The van der Waals surface area contributed by atoms with Crippen LogP contribution in [0.3, 0.4) is 0 Å². The smallest absolute Gasteiger partial charge is 0.337 e. The van der Waals surface area contributed by atoms with Crippen LogP contribution in [0.4, 0.5) is 5.69 Å². The maximum atomic E-state index is 11.3. The van der Waals surface area contributed by atoms with Crippen LogP contribution in [0.2, 0.25) is 5.02 Å². The van der Waals surface area contributed by atoms with E-state index in [4.69, 9.17) is 17.3 Å². The van der Waals surface area contributed by atoms with E-state index >= 15 is 0 Å². The minimum absolute atomic E-state index is 0.0627. The number of imidazole rings is 1. The lowest BCUT2D eigenvalue weighted by atomic mass is 10.1. The molecule has 0 saturated heterocycles. The number of nitrogen functional groups attached to an aromatic ring is 1. The Bertz CT molecular complexity index is 607. The summed E-state index contributed by atoms with van der Waals surface area (Å²) in [5, 5.41) is 9.52. The van der Waals surface area contributed by atoms with E-state index in [1.54, 1.807) is 17.0 Å². The van der Waals surface area contributed by atoms with Crippen molar-refractivity contribution in [1.82, 2.24) is 9.55 Å². The molecule has 0 bridgehead atoms. The predicted molar refractivity (Wildman–Crippen MR) is 69.3 cm³/mol. The van der Waals surface area contributed by atoms with Crippen molar-refractivity contribution in [2.75, 3.05) is 5.73 Å². The van der Waals surface area contributed by atoms with Crippen molar-refractivity contribution in [3.05, 3.63) is 40.9 Å². The number of aromatic nitrogens is 2. The van der Waals surface area contributed by atoms with E-state index in [2.05, 4.69) is 4.98 Å². The first-order valence-corrected chi connectivity index (χ1v) is 5.77. The Kier molecular flexibility index (Phi) is 3.25. The number of benzene rings is 1. The fourth-order valence-electron chi connectivity index (χ4n) is 1.83. The molecule has 2 aromatic rings. The fraction of sp³-hybridized carbons (Fsp3) is 0.167. The summed E-state index contributed by atoms with van der Waals surface area (Å²) in [5.41, 5.74) is 6.39. The zero-order valence-corrected chi connectivity index (χ0v) is 10.5. The molecule has 1 aromatic carbocycles. The molecule has 6 heteroatoms. The van der Waals surface area contributed by atoms with E-state index in [1.165, 1.54) is 12.1 Å². The van der Waals surface area contributed by atoms with Gasteiger partial charge >= 0.3 is 5.97 Å². The Morgan fingerprint density at radius 1 is 1.56 bits per heavy atom. The maximum absolute atomic E-state index is 11.3. The first-order valence-electron chi connectivity index (χ1n) is 5.39. The summed E-state index contributed by atoms with van der Waals surface area (Å²) in [7, 11) is 0. The third kappa shape index (κ3) is 2.04. The van der Waals surface area contributed by atoms with Crippen molar-refractivity contribution in [1.29, 1.82) is 0 Å². The molecule has 0 atom stereocenters. The Labute approximate surface area is 109 Å². The van der Waals surface area contributed by atoms with Gasteiger partial charge < -0.3 is 15.4 Å². The standard InChI is InChI=1S/C12H12ClN3O2/c1-2-10-15-3-4-16(10)11-8(12(17)18)5-7(14)6-9(11)13/h3-6H,2,14H2,1H3,(H,17,18). The van der Waals surface area contributed by atoms with Crippen LogP contribution >= 0.6 is 11.6 Å². The molecule has 0 aliphatic carbocycles. The Morgan fingerprint density at radius 3 is 2.89 bits per heavy atom. The third-order valence-electron chi connectivity index (χ3n) is 2.59. The van der Waals surface area contributed by atoms with Gasteiger partial charge in [-0.3, -0.25) is 0 Å². The highest BCUT2D eigenvalue weighted by molar-refractivity contribution is 6.33. The van der Waals surface area contributed by atoms with Gasteiger partial charge in [0.1, 0.15) is 5.82 Å². The molecule has 3 N–H and O–H groups in total. The largest absolute Gasteiger partial charge is 0.478 e. The molecule has 2 rings (SSSR count). The molecule has 0 spiro atoms. The summed E-state index contributed by atoms with van der Waals surface area (Å²) < 4.78 is 1.67. The number of rotatable bonds is 3. The van der Waals surface area contributed by atoms with Gasteiger partial charge in [0.2, 0.25) is 0 Å². The van der Waals surface area contributed by atoms with E-state index in [0.29, 0.717) is 22.8 Å². The Hall–Kier alpha value is -2.01. The molecule has 0 radical (unpaired) electrons. The first-order chi connectivity index (χ1) is 8.54.